The van der Waals surface area contributed by atoms with E-state index in [0.29, 0.717) is 39.5 Å². The van der Waals surface area contributed by atoms with Gasteiger partial charge in [-0.05, 0) is 42.7 Å². The minimum absolute atomic E-state index is 0.223. The fraction of sp³-hybridized carbons (Fsp3) is 0.429. The van der Waals surface area contributed by atoms with Crippen LogP contribution >= 0.6 is 0 Å². The van der Waals surface area contributed by atoms with Crippen molar-refractivity contribution >= 4 is 16.7 Å². The van der Waals surface area contributed by atoms with Gasteiger partial charge in [-0.1, -0.05) is 54.1 Å². The van der Waals surface area contributed by atoms with Crippen LogP contribution in [0.1, 0.15) is 29.5 Å². The summed E-state index contributed by atoms with van der Waals surface area (Å²) in [7, 11) is 0. The van der Waals surface area contributed by atoms with Crippen molar-refractivity contribution in [3.05, 3.63) is 77.6 Å². The van der Waals surface area contributed by atoms with Crippen molar-refractivity contribution < 1.29 is 14.3 Å². The Morgan fingerprint density at radius 2 is 1.82 bits per heavy atom. The average Bonchev–Trinajstić information content (AvgIpc) is 3.10. The van der Waals surface area contributed by atoms with Gasteiger partial charge < -0.3 is 14.4 Å². The number of rotatable bonds is 4. The van der Waals surface area contributed by atoms with Crippen molar-refractivity contribution in [2.24, 2.45) is 5.92 Å². The lowest BCUT2D eigenvalue weighted by Crippen LogP contribution is -2.51. The first-order chi connectivity index (χ1) is 16.2. The van der Waals surface area contributed by atoms with Crippen molar-refractivity contribution in [3.8, 4) is 0 Å². The Hall–Kier alpha value is -2.76. The molecular weight excluding hydrogens is 412 g/mol. The third-order valence-electron chi connectivity index (χ3n) is 7.24. The summed E-state index contributed by atoms with van der Waals surface area (Å²) in [6.45, 7) is 5.91. The van der Waals surface area contributed by atoms with Crippen LogP contribution in [0.15, 0.2) is 60.9 Å². The number of ether oxygens (including phenoxy) is 2. The number of carbonyl (C=O) groups is 1. The zero-order valence-electron chi connectivity index (χ0n) is 19.3. The van der Waals surface area contributed by atoms with Crippen LogP contribution in [0.4, 0.5) is 0 Å². The largest absolute Gasteiger partial charge is 0.381 e. The van der Waals surface area contributed by atoms with Crippen LogP contribution in [0.2, 0.25) is 0 Å². The van der Waals surface area contributed by atoms with E-state index in [1.807, 2.05) is 18.5 Å². The molecule has 2 aliphatic rings. The van der Waals surface area contributed by atoms with E-state index in [1.165, 1.54) is 16.5 Å². The van der Waals surface area contributed by atoms with Gasteiger partial charge in [0.15, 0.2) is 0 Å². The molecule has 0 aliphatic carbocycles. The molecule has 0 radical (unpaired) electrons. The predicted octanol–water partition coefficient (Wildman–Crippen LogP) is 4.31. The Kier molecular flexibility index (Phi) is 6.43. The quantitative estimate of drug-likeness (QED) is 0.602. The highest BCUT2D eigenvalue weighted by Crippen LogP contribution is 2.37. The smallest absolute Gasteiger partial charge is 0.233 e. The number of benzene rings is 2. The maximum atomic E-state index is 14.1. The summed E-state index contributed by atoms with van der Waals surface area (Å²) >= 11 is 0. The van der Waals surface area contributed by atoms with Gasteiger partial charge in [0, 0.05) is 50.0 Å². The minimum atomic E-state index is -0.512. The second kappa shape index (κ2) is 9.62. The van der Waals surface area contributed by atoms with Crippen LogP contribution in [0, 0.1) is 12.8 Å². The number of hydrogen-bond donors (Lipinski definition) is 0. The van der Waals surface area contributed by atoms with Crippen molar-refractivity contribution in [1.82, 2.24) is 9.88 Å². The van der Waals surface area contributed by atoms with Crippen molar-refractivity contribution in [3.63, 3.8) is 0 Å². The fourth-order valence-corrected chi connectivity index (χ4v) is 5.36. The summed E-state index contributed by atoms with van der Waals surface area (Å²) in [5.74, 6) is 0.458. The van der Waals surface area contributed by atoms with Crippen LogP contribution < -0.4 is 0 Å². The molecular formula is C28H32N2O3. The van der Waals surface area contributed by atoms with E-state index in [2.05, 4.69) is 59.3 Å². The summed E-state index contributed by atoms with van der Waals surface area (Å²) < 4.78 is 11.6. The van der Waals surface area contributed by atoms with Crippen molar-refractivity contribution in [2.75, 3.05) is 39.5 Å². The van der Waals surface area contributed by atoms with Gasteiger partial charge in [0.05, 0.1) is 18.6 Å². The number of carbonyl (C=O) groups excluding carboxylic acids is 1. The molecule has 0 N–H and O–H groups in total. The molecule has 0 spiro atoms. The molecule has 0 bridgehead atoms. The second-order valence-corrected chi connectivity index (χ2v) is 9.48. The third kappa shape index (κ3) is 4.53. The van der Waals surface area contributed by atoms with Crippen LogP contribution in [-0.2, 0) is 26.1 Å². The molecule has 2 saturated heterocycles. The van der Waals surface area contributed by atoms with E-state index in [0.717, 1.165) is 30.2 Å². The standard InChI is InChI=1S/C28H32N2O3/c1-21-6-8-25(9-7-21)28(10-13-32-14-11-28)27(31)30-12-15-33-20-22(19-30)16-24-18-29-17-23-4-2-3-5-26(23)24/h2-9,17-18,22H,10-16,19-20H2,1H3. The van der Waals surface area contributed by atoms with Gasteiger partial charge in [0.25, 0.3) is 0 Å². The van der Waals surface area contributed by atoms with Gasteiger partial charge in [-0.25, -0.2) is 0 Å². The first kappa shape index (κ1) is 22.1. The molecule has 2 aromatic carbocycles. The van der Waals surface area contributed by atoms with E-state index >= 15 is 0 Å². The van der Waals surface area contributed by atoms with Gasteiger partial charge >= 0.3 is 0 Å². The summed E-state index contributed by atoms with van der Waals surface area (Å²) in [4.78, 5) is 20.6. The lowest BCUT2D eigenvalue weighted by atomic mass is 9.72. The minimum Gasteiger partial charge on any atom is -0.381 e. The van der Waals surface area contributed by atoms with Gasteiger partial charge in [-0.3, -0.25) is 9.78 Å². The highest BCUT2D eigenvalue weighted by Gasteiger charge is 2.44. The zero-order valence-corrected chi connectivity index (χ0v) is 19.3. The second-order valence-electron chi connectivity index (χ2n) is 9.48. The van der Waals surface area contributed by atoms with E-state index in [-0.39, 0.29) is 11.8 Å². The zero-order chi connectivity index (χ0) is 22.7. The predicted molar refractivity (Wildman–Crippen MR) is 129 cm³/mol. The summed E-state index contributed by atoms with van der Waals surface area (Å²) in [6.07, 6.45) is 6.17. The molecule has 1 unspecified atom stereocenters. The molecule has 1 amide bonds. The monoisotopic (exact) mass is 444 g/mol. The maximum Gasteiger partial charge on any atom is 0.233 e. The molecule has 2 aliphatic heterocycles. The summed E-state index contributed by atoms with van der Waals surface area (Å²) in [5, 5.41) is 2.38. The van der Waals surface area contributed by atoms with Crippen LogP contribution in [0.25, 0.3) is 10.8 Å². The highest BCUT2D eigenvalue weighted by atomic mass is 16.5. The maximum absolute atomic E-state index is 14.1. The van der Waals surface area contributed by atoms with Crippen molar-refractivity contribution in [2.45, 2.75) is 31.6 Å². The van der Waals surface area contributed by atoms with E-state index in [1.54, 1.807) is 0 Å². The highest BCUT2D eigenvalue weighted by molar-refractivity contribution is 5.88. The lowest BCUT2D eigenvalue weighted by Gasteiger charge is -2.40. The van der Waals surface area contributed by atoms with E-state index in [4.69, 9.17) is 9.47 Å². The molecule has 172 valence electrons. The Labute approximate surface area is 195 Å². The number of aromatic nitrogens is 1. The first-order valence-corrected chi connectivity index (χ1v) is 12.0. The third-order valence-corrected chi connectivity index (χ3v) is 7.24. The van der Waals surface area contributed by atoms with Gasteiger partial charge in [0.1, 0.15) is 0 Å². The number of aryl methyl sites for hydroxylation is 1. The fourth-order valence-electron chi connectivity index (χ4n) is 5.36. The molecule has 0 saturated carbocycles. The Bertz CT molecular complexity index is 1100. The summed E-state index contributed by atoms with van der Waals surface area (Å²) in [6, 6.07) is 16.9. The average molecular weight is 445 g/mol. The molecule has 1 aromatic heterocycles. The number of hydrogen-bond acceptors (Lipinski definition) is 4. The molecule has 5 heteroatoms. The summed E-state index contributed by atoms with van der Waals surface area (Å²) in [5.41, 5.74) is 3.03. The van der Waals surface area contributed by atoms with E-state index in [9.17, 15) is 4.79 Å². The van der Waals surface area contributed by atoms with Gasteiger partial charge in [-0.2, -0.15) is 0 Å². The van der Waals surface area contributed by atoms with E-state index < -0.39 is 5.41 Å². The number of pyridine rings is 1. The SMILES string of the molecule is Cc1ccc(C2(C(=O)N3CCOCC(Cc4cncc5ccccc45)C3)CCOCC2)cc1. The molecule has 33 heavy (non-hydrogen) atoms. The molecule has 5 nitrogen and oxygen atoms in total. The van der Waals surface area contributed by atoms with Crippen LogP contribution in [0.3, 0.4) is 0 Å². The van der Waals surface area contributed by atoms with Gasteiger partial charge in [0.2, 0.25) is 5.91 Å². The Morgan fingerprint density at radius 3 is 2.64 bits per heavy atom. The van der Waals surface area contributed by atoms with Crippen LogP contribution in [0.5, 0.6) is 0 Å². The Morgan fingerprint density at radius 1 is 1.03 bits per heavy atom. The molecule has 3 heterocycles. The number of nitrogens with zero attached hydrogens (tertiary/aromatic N) is 2. The van der Waals surface area contributed by atoms with Gasteiger partial charge in [-0.15, -0.1) is 0 Å². The number of amides is 1. The van der Waals surface area contributed by atoms with Crippen molar-refractivity contribution in [1.29, 1.82) is 0 Å². The normalized spacial score (nSPS) is 21.0. The topological polar surface area (TPSA) is 51.7 Å². The molecule has 2 fully saturated rings. The molecule has 3 aromatic rings. The molecule has 5 rings (SSSR count). The van der Waals surface area contributed by atoms with Crippen LogP contribution in [-0.4, -0.2) is 55.3 Å². The lowest BCUT2D eigenvalue weighted by molar-refractivity contribution is -0.141. The number of fused-ring (bicyclic) bond motifs is 1. The first-order valence-electron chi connectivity index (χ1n) is 12.0. The molecule has 1 atom stereocenters. The Balaban J connectivity index is 1.40.